The maximum absolute atomic E-state index is 14.5. The van der Waals surface area contributed by atoms with Crippen LogP contribution < -0.4 is 10.9 Å². The van der Waals surface area contributed by atoms with E-state index in [0.29, 0.717) is 9.94 Å². The van der Waals surface area contributed by atoms with Crippen LogP contribution in [0.4, 0.5) is 8.78 Å². The van der Waals surface area contributed by atoms with Gasteiger partial charge in [-0.2, -0.15) is 0 Å². The van der Waals surface area contributed by atoms with E-state index in [1.54, 1.807) is 24.3 Å². The summed E-state index contributed by atoms with van der Waals surface area (Å²) in [5, 5.41) is 0. The summed E-state index contributed by atoms with van der Waals surface area (Å²) in [4.78, 5) is 0. The quantitative estimate of drug-likeness (QED) is 0.323. The highest BCUT2D eigenvalue weighted by molar-refractivity contribution is 9.11. The van der Waals surface area contributed by atoms with Crippen molar-refractivity contribution in [2.24, 2.45) is 0 Å². The van der Waals surface area contributed by atoms with Gasteiger partial charge in [0, 0.05) is 9.94 Å². The first-order valence-electron chi connectivity index (χ1n) is 11.1. The minimum atomic E-state index is -0.757. The summed E-state index contributed by atoms with van der Waals surface area (Å²) in [6.45, 7) is 15.8. The van der Waals surface area contributed by atoms with Crippen LogP contribution >= 0.6 is 31.9 Å². The first-order valence-corrected chi connectivity index (χ1v) is 12.7. The van der Waals surface area contributed by atoms with Crippen molar-refractivity contribution < 1.29 is 27.4 Å². The molecule has 0 amide bonds. The predicted octanol–water partition coefficient (Wildman–Crippen LogP) is 5.77. The van der Waals surface area contributed by atoms with Gasteiger partial charge in [0.2, 0.25) is 0 Å². The Morgan fingerprint density at radius 3 is 1.50 bits per heavy atom. The molecular formula is C24H30B2Br2F2O4. The number of rotatable bonds is 2. The fourth-order valence-corrected chi connectivity index (χ4v) is 4.36. The molecule has 2 aromatic carbocycles. The van der Waals surface area contributed by atoms with E-state index in [4.69, 9.17) is 18.6 Å². The van der Waals surface area contributed by atoms with Crippen LogP contribution in [0.15, 0.2) is 45.3 Å². The minimum Gasteiger partial charge on any atom is -0.399 e. The Hall–Kier alpha value is -0.770. The minimum absolute atomic E-state index is 0.238. The maximum Gasteiger partial charge on any atom is 0.497 e. The van der Waals surface area contributed by atoms with Gasteiger partial charge in [-0.05, 0) is 101 Å². The molecule has 0 unspecified atom stereocenters. The number of hydrogen-bond acceptors (Lipinski definition) is 4. The summed E-state index contributed by atoms with van der Waals surface area (Å²) in [5.41, 5.74) is -0.821. The zero-order valence-corrected chi connectivity index (χ0v) is 23.9. The Kier molecular flexibility index (Phi) is 7.85. The lowest BCUT2D eigenvalue weighted by Gasteiger charge is -2.32. The molecule has 2 aliphatic heterocycles. The molecule has 34 heavy (non-hydrogen) atoms. The van der Waals surface area contributed by atoms with E-state index in [2.05, 4.69) is 31.9 Å². The highest BCUT2D eigenvalue weighted by Crippen LogP contribution is 2.38. The van der Waals surface area contributed by atoms with Gasteiger partial charge in [-0.25, -0.2) is 8.78 Å². The van der Waals surface area contributed by atoms with Crippen molar-refractivity contribution in [2.75, 3.05) is 0 Å². The molecule has 0 atom stereocenters. The maximum atomic E-state index is 14.5. The number of hydrogen-bond donors (Lipinski definition) is 0. The molecular weight excluding hydrogens is 572 g/mol. The van der Waals surface area contributed by atoms with E-state index >= 15 is 0 Å². The second-order valence-electron chi connectivity index (χ2n) is 10.5. The van der Waals surface area contributed by atoms with E-state index in [-0.39, 0.29) is 11.6 Å². The lowest BCUT2D eigenvalue weighted by atomic mass is 9.71. The van der Waals surface area contributed by atoms with Gasteiger partial charge in [0.15, 0.2) is 0 Å². The standard InChI is InChI=1S/C18H27B2FO4.C6H3Br2F/c1-15(2)16(3,4)23-19(22-15)12-9-10-14(21)13(11-12)20-24-17(5,6)18(7,8)25-20;7-4-1-2-6(9)5(8)3-4/h9-11H,1-8H3;1-3H. The van der Waals surface area contributed by atoms with Crippen LogP contribution in [0, 0.1) is 11.6 Å². The topological polar surface area (TPSA) is 36.9 Å². The fraction of sp³-hybridized carbons (Fsp3) is 0.500. The Balaban J connectivity index is 0.000000302. The Bertz CT molecular complexity index is 1030. The average molecular weight is 602 g/mol. The molecule has 0 aliphatic carbocycles. The van der Waals surface area contributed by atoms with Crippen molar-refractivity contribution in [1.29, 1.82) is 0 Å². The Labute approximate surface area is 218 Å². The summed E-state index contributed by atoms with van der Waals surface area (Å²) in [5.74, 6) is -0.600. The second kappa shape index (κ2) is 9.60. The zero-order chi connectivity index (χ0) is 25.7. The molecule has 2 aliphatic rings. The van der Waals surface area contributed by atoms with E-state index < -0.39 is 36.6 Å². The van der Waals surface area contributed by atoms with Crippen molar-refractivity contribution in [3.8, 4) is 0 Å². The van der Waals surface area contributed by atoms with Crippen LogP contribution in [0.2, 0.25) is 0 Å². The first kappa shape index (κ1) is 27.8. The van der Waals surface area contributed by atoms with Crippen molar-refractivity contribution in [1.82, 2.24) is 0 Å². The summed E-state index contributed by atoms with van der Waals surface area (Å²) >= 11 is 6.24. The molecule has 4 rings (SSSR count). The molecule has 10 heteroatoms. The van der Waals surface area contributed by atoms with Crippen molar-refractivity contribution in [2.45, 2.75) is 77.8 Å². The van der Waals surface area contributed by atoms with Crippen LogP contribution in [0.1, 0.15) is 55.4 Å². The van der Waals surface area contributed by atoms with Gasteiger partial charge < -0.3 is 18.6 Å². The first-order chi connectivity index (χ1) is 15.5. The van der Waals surface area contributed by atoms with Crippen molar-refractivity contribution in [3.05, 3.63) is 57.0 Å². The molecule has 184 valence electrons. The average Bonchev–Trinajstić information content (AvgIpc) is 3.05. The molecule has 0 saturated carbocycles. The van der Waals surface area contributed by atoms with Gasteiger partial charge in [-0.15, -0.1) is 0 Å². The fourth-order valence-electron chi connectivity index (χ4n) is 3.31. The van der Waals surface area contributed by atoms with Gasteiger partial charge in [0.25, 0.3) is 0 Å². The van der Waals surface area contributed by atoms with Gasteiger partial charge in [-0.3, -0.25) is 0 Å². The lowest BCUT2D eigenvalue weighted by Crippen LogP contribution is -2.42. The van der Waals surface area contributed by atoms with Crippen molar-refractivity contribution in [3.63, 3.8) is 0 Å². The van der Waals surface area contributed by atoms with Gasteiger partial charge >= 0.3 is 14.2 Å². The van der Waals surface area contributed by atoms with E-state index in [1.165, 1.54) is 12.1 Å². The van der Waals surface area contributed by atoms with Crippen molar-refractivity contribution >= 4 is 57.0 Å². The van der Waals surface area contributed by atoms with Crippen LogP contribution in [0.5, 0.6) is 0 Å². The monoisotopic (exact) mass is 600 g/mol. The summed E-state index contributed by atoms with van der Waals surface area (Å²) in [7, 11) is -1.31. The molecule has 0 bridgehead atoms. The number of halogens is 4. The van der Waals surface area contributed by atoms with Crippen LogP contribution in [0.3, 0.4) is 0 Å². The lowest BCUT2D eigenvalue weighted by molar-refractivity contribution is 0.00578. The third-order valence-corrected chi connectivity index (χ3v) is 8.04. The third-order valence-electron chi connectivity index (χ3n) is 6.93. The number of benzene rings is 2. The van der Waals surface area contributed by atoms with Gasteiger partial charge in [0.1, 0.15) is 11.6 Å². The predicted molar refractivity (Wildman–Crippen MR) is 140 cm³/mol. The molecule has 2 aromatic rings. The van der Waals surface area contributed by atoms with Gasteiger partial charge in [0.05, 0.1) is 26.9 Å². The van der Waals surface area contributed by atoms with E-state index in [9.17, 15) is 8.78 Å². The SMILES string of the molecule is CC1(C)OB(c2ccc(F)c(B3OC(C)(C)C(C)(C)O3)c2)OC1(C)C.Fc1ccc(Br)cc1Br. The van der Waals surface area contributed by atoms with Gasteiger partial charge in [-0.1, -0.05) is 28.1 Å². The molecule has 0 spiro atoms. The highest BCUT2D eigenvalue weighted by atomic mass is 79.9. The second-order valence-corrected chi connectivity index (χ2v) is 12.3. The Morgan fingerprint density at radius 1 is 0.618 bits per heavy atom. The largest absolute Gasteiger partial charge is 0.497 e. The molecule has 0 aromatic heterocycles. The molecule has 4 nitrogen and oxygen atoms in total. The summed E-state index contributed by atoms with van der Waals surface area (Å²) in [6.07, 6.45) is 0. The van der Waals surface area contributed by atoms with Crippen LogP contribution in [-0.4, -0.2) is 36.6 Å². The molecule has 2 fully saturated rings. The summed E-state index contributed by atoms with van der Waals surface area (Å²) < 4.78 is 52.4. The van der Waals surface area contributed by atoms with Crippen LogP contribution in [-0.2, 0) is 18.6 Å². The highest BCUT2D eigenvalue weighted by Gasteiger charge is 2.54. The third kappa shape index (κ3) is 5.62. The normalized spacial score (nSPS) is 21.9. The zero-order valence-electron chi connectivity index (χ0n) is 20.8. The summed E-state index contributed by atoms with van der Waals surface area (Å²) in [6, 6.07) is 9.54. The molecule has 2 saturated heterocycles. The Morgan fingerprint density at radius 2 is 1.06 bits per heavy atom. The molecule has 0 radical (unpaired) electrons. The van der Waals surface area contributed by atoms with Crippen LogP contribution in [0.25, 0.3) is 0 Å². The molecule has 0 N–H and O–H groups in total. The smallest absolute Gasteiger partial charge is 0.399 e. The molecule has 2 heterocycles. The van der Waals surface area contributed by atoms with E-state index in [0.717, 1.165) is 9.94 Å². The van der Waals surface area contributed by atoms with E-state index in [1.807, 2.05) is 55.4 Å².